The summed E-state index contributed by atoms with van der Waals surface area (Å²) in [6.07, 6.45) is 12.0. The van der Waals surface area contributed by atoms with Crippen LogP contribution in [0.15, 0.2) is 57.4 Å². The van der Waals surface area contributed by atoms with Crippen molar-refractivity contribution in [1.82, 2.24) is 0 Å². The van der Waals surface area contributed by atoms with Gasteiger partial charge in [-0.15, -0.1) is 0 Å². The normalized spacial score (nSPS) is 18.3. The number of hydrogen-bond donors (Lipinski definition) is 0. The van der Waals surface area contributed by atoms with Gasteiger partial charge in [0.25, 0.3) is 0 Å². The Morgan fingerprint density at radius 2 is 1.17 bits per heavy atom. The fourth-order valence-corrected chi connectivity index (χ4v) is 16.0. The summed E-state index contributed by atoms with van der Waals surface area (Å²) in [6, 6.07) is 15.1. The van der Waals surface area contributed by atoms with Crippen molar-refractivity contribution in [2.45, 2.75) is 109 Å². The van der Waals surface area contributed by atoms with Crippen LogP contribution in [0.4, 0.5) is 0 Å². The van der Waals surface area contributed by atoms with Gasteiger partial charge in [0.05, 0.1) is 0 Å². The van der Waals surface area contributed by atoms with Crippen LogP contribution in [0.5, 0.6) is 0 Å². The fraction of sp³-hybridized carbons (Fsp3) is 0.514. The van der Waals surface area contributed by atoms with Crippen molar-refractivity contribution in [2.24, 2.45) is 5.41 Å². The van der Waals surface area contributed by atoms with Gasteiger partial charge in [0.1, 0.15) is 0 Å². The van der Waals surface area contributed by atoms with Crippen molar-refractivity contribution in [3.05, 3.63) is 79.7 Å². The van der Waals surface area contributed by atoms with E-state index in [0.29, 0.717) is 3.63 Å². The molecule has 0 aromatic heterocycles. The molecule has 2 aromatic carbocycles. The van der Waals surface area contributed by atoms with E-state index in [-0.39, 0.29) is 16.2 Å². The Balaban J connectivity index is 1.74. The summed E-state index contributed by atoms with van der Waals surface area (Å²) in [5, 5.41) is 0. The van der Waals surface area contributed by atoms with Crippen LogP contribution in [-0.4, -0.2) is 3.21 Å². The number of hydrogen-bond acceptors (Lipinski definition) is 0. The molecule has 0 heterocycles. The van der Waals surface area contributed by atoms with Crippen molar-refractivity contribution in [3.63, 3.8) is 0 Å². The van der Waals surface area contributed by atoms with E-state index in [1.807, 2.05) is 6.49 Å². The van der Waals surface area contributed by atoms with Crippen LogP contribution in [0.2, 0.25) is 0 Å². The molecule has 1 saturated carbocycles. The molecular weight excluding hydrogens is 512 g/mol. The Morgan fingerprint density at radius 3 is 1.58 bits per heavy atom. The molecule has 5 rings (SSSR count). The summed E-state index contributed by atoms with van der Waals surface area (Å²) in [4.78, 5) is 0. The van der Waals surface area contributed by atoms with Crippen molar-refractivity contribution < 1.29 is 21.3 Å². The van der Waals surface area contributed by atoms with E-state index in [2.05, 4.69) is 111 Å². The third kappa shape index (κ3) is 4.80. The zero-order valence-corrected chi connectivity index (χ0v) is 26.7. The van der Waals surface area contributed by atoms with Crippen molar-refractivity contribution in [1.29, 1.82) is 0 Å². The average Bonchev–Trinajstić information content (AvgIpc) is 3.52. The fourth-order valence-electron chi connectivity index (χ4n) is 6.42. The third-order valence-corrected chi connectivity index (χ3v) is 17.3. The molecule has 0 nitrogen and oxygen atoms in total. The van der Waals surface area contributed by atoms with Gasteiger partial charge in [0, 0.05) is 0 Å². The Labute approximate surface area is 228 Å². The van der Waals surface area contributed by atoms with Crippen molar-refractivity contribution in [2.75, 3.05) is 0 Å². The van der Waals surface area contributed by atoms with Crippen LogP contribution in [0, 0.1) is 5.41 Å². The van der Waals surface area contributed by atoms with E-state index in [1.165, 1.54) is 54.4 Å². The summed E-state index contributed by atoms with van der Waals surface area (Å²) in [5.41, 5.74) is 11.4. The Morgan fingerprint density at radius 1 is 0.667 bits per heavy atom. The Bertz CT molecular complexity index is 1220. The SMILES string of the molecule is CC(C)(C)C1=CC[C]([Zr](=[C]2CCCC2)[CH]2c3ccc(C(C)(C)C)cc3-c3cc(C(C)(C)C)ccc32)=C1. The molecule has 0 aliphatic heterocycles. The minimum absolute atomic E-state index is 0.163. The van der Waals surface area contributed by atoms with Gasteiger partial charge in [-0.2, -0.15) is 0 Å². The molecule has 1 heteroatoms. The second-order valence-corrected chi connectivity index (χ2v) is 21.3. The van der Waals surface area contributed by atoms with E-state index in [1.54, 1.807) is 16.7 Å². The first-order chi connectivity index (χ1) is 16.7. The van der Waals surface area contributed by atoms with E-state index in [9.17, 15) is 0 Å². The average molecular weight is 558 g/mol. The van der Waals surface area contributed by atoms with Crippen LogP contribution in [0.25, 0.3) is 11.1 Å². The molecule has 0 amide bonds. The van der Waals surface area contributed by atoms with Gasteiger partial charge in [0.2, 0.25) is 0 Å². The Kier molecular flexibility index (Phi) is 6.68. The molecular formula is C35H46Zr. The molecule has 0 N–H and O–H groups in total. The molecule has 36 heavy (non-hydrogen) atoms. The summed E-state index contributed by atoms with van der Waals surface area (Å²) in [5.74, 6) is 0. The van der Waals surface area contributed by atoms with Crippen LogP contribution in [0.3, 0.4) is 0 Å². The topological polar surface area (TPSA) is 0 Å². The number of rotatable bonds is 2. The van der Waals surface area contributed by atoms with Gasteiger partial charge in [-0.1, -0.05) is 0 Å². The van der Waals surface area contributed by atoms with E-state index < -0.39 is 21.3 Å². The van der Waals surface area contributed by atoms with E-state index in [4.69, 9.17) is 0 Å². The zero-order chi connectivity index (χ0) is 26.0. The quantitative estimate of drug-likeness (QED) is 0.345. The standard InChI is InChI=1S/C21H25.C9H13.C5H8.Zr/c1-20(2,3)16-9-7-14-11-15-8-10-17(21(4,5)6)13-19(15)18(14)12-16;1-9(2,3)8-6-4-5-7-8;1-2-4-5-3-1;/h7-13H,1-6H3;6-7H,4H2,1-3H3;1-4H2;. The number of fused-ring (bicyclic) bond motifs is 3. The maximum absolute atomic E-state index is 2.67. The third-order valence-electron chi connectivity index (χ3n) is 8.71. The van der Waals surface area contributed by atoms with Crippen molar-refractivity contribution >= 4 is 3.21 Å². The minimum atomic E-state index is -2.15. The van der Waals surface area contributed by atoms with E-state index >= 15 is 0 Å². The molecule has 0 atom stereocenters. The van der Waals surface area contributed by atoms with Crippen LogP contribution in [-0.2, 0) is 32.1 Å². The van der Waals surface area contributed by atoms with Gasteiger partial charge in [-0.05, 0) is 0 Å². The second kappa shape index (κ2) is 9.15. The van der Waals surface area contributed by atoms with Gasteiger partial charge in [-0.3, -0.25) is 0 Å². The van der Waals surface area contributed by atoms with Gasteiger partial charge in [0.15, 0.2) is 0 Å². The molecule has 0 saturated heterocycles. The molecule has 190 valence electrons. The summed E-state index contributed by atoms with van der Waals surface area (Å²) < 4.78 is 4.48. The number of benzene rings is 2. The monoisotopic (exact) mass is 556 g/mol. The first kappa shape index (κ1) is 26.3. The maximum atomic E-state index is 2.67. The molecule has 2 aromatic rings. The molecule has 3 aliphatic rings. The molecule has 0 radical (unpaired) electrons. The van der Waals surface area contributed by atoms with Gasteiger partial charge >= 0.3 is 230 Å². The molecule has 0 unspecified atom stereocenters. The molecule has 0 bridgehead atoms. The van der Waals surface area contributed by atoms with Crippen LogP contribution in [0.1, 0.15) is 120 Å². The first-order valence-electron chi connectivity index (χ1n) is 14.2. The summed E-state index contributed by atoms with van der Waals surface area (Å²) >= 11 is -2.15. The summed E-state index contributed by atoms with van der Waals surface area (Å²) in [7, 11) is 0. The van der Waals surface area contributed by atoms with Gasteiger partial charge < -0.3 is 0 Å². The predicted octanol–water partition coefficient (Wildman–Crippen LogP) is 9.98. The first-order valence-corrected chi connectivity index (χ1v) is 18.1. The molecule has 1 fully saturated rings. The second-order valence-electron chi connectivity index (χ2n) is 14.5. The van der Waals surface area contributed by atoms with Crippen molar-refractivity contribution in [3.8, 4) is 11.1 Å². The number of allylic oxidation sites excluding steroid dienone is 4. The van der Waals surface area contributed by atoms with E-state index in [0.717, 1.165) is 0 Å². The predicted molar refractivity (Wildman–Crippen MR) is 155 cm³/mol. The Hall–Kier alpha value is -1.33. The van der Waals surface area contributed by atoms with Crippen LogP contribution >= 0.6 is 0 Å². The van der Waals surface area contributed by atoms with Crippen LogP contribution < -0.4 is 0 Å². The zero-order valence-electron chi connectivity index (χ0n) is 24.2. The molecule has 0 spiro atoms. The molecule has 3 aliphatic carbocycles. The summed E-state index contributed by atoms with van der Waals surface area (Å²) in [6.45, 7) is 21.3. The van der Waals surface area contributed by atoms with Gasteiger partial charge in [-0.25, -0.2) is 0 Å².